The number of nitrogens with zero attached hydrogens (tertiary/aromatic N) is 3. The van der Waals surface area contributed by atoms with Gasteiger partial charge in [0, 0.05) is 18.8 Å². The normalized spacial score (nSPS) is 22.0. The minimum absolute atomic E-state index is 0.0708. The molecule has 0 aromatic carbocycles. The van der Waals surface area contributed by atoms with Gasteiger partial charge in [-0.15, -0.1) is 0 Å². The first-order valence-corrected chi connectivity index (χ1v) is 5.12. The van der Waals surface area contributed by atoms with Gasteiger partial charge in [0.2, 0.25) is 0 Å². The SMILES string of the molecule is CCC(O)N(C)C1=CC(C)C(=[N+]=[N-])C=C1. The second-order valence-corrected chi connectivity index (χ2v) is 3.74. The Balaban J connectivity index is 2.83. The van der Waals surface area contributed by atoms with Gasteiger partial charge >= 0.3 is 0 Å². The summed E-state index contributed by atoms with van der Waals surface area (Å²) in [6.07, 6.45) is 5.78. The lowest BCUT2D eigenvalue weighted by atomic mass is 9.98. The molecule has 0 aromatic heterocycles. The molecule has 0 spiro atoms. The molecule has 0 saturated heterocycles. The maximum atomic E-state index is 9.66. The van der Waals surface area contributed by atoms with Crippen molar-refractivity contribution in [2.24, 2.45) is 5.92 Å². The van der Waals surface area contributed by atoms with Gasteiger partial charge in [-0.2, -0.15) is 4.79 Å². The molecule has 2 unspecified atom stereocenters. The summed E-state index contributed by atoms with van der Waals surface area (Å²) in [6.45, 7) is 3.88. The van der Waals surface area contributed by atoms with Crippen LogP contribution >= 0.6 is 0 Å². The minimum atomic E-state index is -0.472. The summed E-state index contributed by atoms with van der Waals surface area (Å²) in [5.74, 6) is 0.0708. The van der Waals surface area contributed by atoms with Gasteiger partial charge in [-0.25, -0.2) is 0 Å². The number of aliphatic hydroxyl groups excluding tert-OH is 1. The topological polar surface area (TPSA) is 59.9 Å². The predicted octanol–water partition coefficient (Wildman–Crippen LogP) is 1.41. The van der Waals surface area contributed by atoms with E-state index < -0.39 is 6.23 Å². The van der Waals surface area contributed by atoms with E-state index in [2.05, 4.69) is 4.79 Å². The predicted molar refractivity (Wildman–Crippen MR) is 59.1 cm³/mol. The summed E-state index contributed by atoms with van der Waals surface area (Å²) in [5, 5.41) is 9.66. The first-order chi connectivity index (χ1) is 7.10. The summed E-state index contributed by atoms with van der Waals surface area (Å²) in [4.78, 5) is 5.00. The highest BCUT2D eigenvalue weighted by atomic mass is 16.3. The van der Waals surface area contributed by atoms with Crippen LogP contribution in [0.1, 0.15) is 20.3 Å². The number of likely N-dealkylation sites (N-methyl/N-ethyl adjacent to an activating group) is 1. The Bertz CT molecular complexity index is 340. The summed E-state index contributed by atoms with van der Waals surface area (Å²) >= 11 is 0. The van der Waals surface area contributed by atoms with Gasteiger partial charge < -0.3 is 15.5 Å². The third kappa shape index (κ3) is 2.55. The maximum absolute atomic E-state index is 9.66. The minimum Gasteiger partial charge on any atom is -0.374 e. The fourth-order valence-corrected chi connectivity index (χ4v) is 1.53. The Morgan fingerprint density at radius 2 is 2.27 bits per heavy atom. The van der Waals surface area contributed by atoms with Crippen LogP contribution in [0.3, 0.4) is 0 Å². The van der Waals surface area contributed by atoms with Crippen molar-refractivity contribution in [3.8, 4) is 0 Å². The molecule has 0 amide bonds. The zero-order chi connectivity index (χ0) is 11.4. The second-order valence-electron chi connectivity index (χ2n) is 3.74. The molecule has 0 aliphatic heterocycles. The van der Waals surface area contributed by atoms with Crippen LogP contribution in [0.15, 0.2) is 23.9 Å². The van der Waals surface area contributed by atoms with Crippen LogP contribution in [0.4, 0.5) is 0 Å². The van der Waals surface area contributed by atoms with E-state index in [1.54, 1.807) is 11.0 Å². The fraction of sp³-hybridized carbons (Fsp3) is 0.545. The molecule has 2 atom stereocenters. The first-order valence-electron chi connectivity index (χ1n) is 5.12. The molecule has 0 bridgehead atoms. The van der Waals surface area contributed by atoms with Crippen LogP contribution in [0, 0.1) is 5.92 Å². The molecular formula is C11H17N3O. The van der Waals surface area contributed by atoms with Gasteiger partial charge in [0.05, 0.1) is 5.92 Å². The molecule has 0 radical (unpaired) electrons. The number of allylic oxidation sites excluding steroid dienone is 3. The molecule has 4 nitrogen and oxygen atoms in total. The highest BCUT2D eigenvalue weighted by molar-refractivity contribution is 5.94. The van der Waals surface area contributed by atoms with E-state index in [4.69, 9.17) is 5.53 Å². The van der Waals surface area contributed by atoms with Gasteiger partial charge in [-0.1, -0.05) is 6.92 Å². The van der Waals surface area contributed by atoms with Crippen molar-refractivity contribution >= 4 is 5.71 Å². The molecule has 1 aliphatic rings. The van der Waals surface area contributed by atoms with E-state index in [0.717, 1.165) is 5.70 Å². The van der Waals surface area contributed by atoms with Crippen LogP contribution in [0.2, 0.25) is 0 Å². The van der Waals surface area contributed by atoms with Crippen molar-refractivity contribution in [2.45, 2.75) is 26.5 Å². The number of aliphatic hydroxyl groups is 1. The van der Waals surface area contributed by atoms with E-state index in [0.29, 0.717) is 12.1 Å². The van der Waals surface area contributed by atoms with E-state index in [-0.39, 0.29) is 5.92 Å². The maximum Gasteiger partial charge on any atom is 0.298 e. The number of rotatable bonds is 3. The molecule has 0 saturated carbocycles. The van der Waals surface area contributed by atoms with Gasteiger partial charge in [0.15, 0.2) is 0 Å². The zero-order valence-corrected chi connectivity index (χ0v) is 9.38. The Morgan fingerprint density at radius 3 is 2.73 bits per heavy atom. The Morgan fingerprint density at radius 1 is 1.60 bits per heavy atom. The van der Waals surface area contributed by atoms with E-state index in [1.165, 1.54) is 0 Å². The number of hydrogen-bond acceptors (Lipinski definition) is 2. The van der Waals surface area contributed by atoms with Crippen molar-refractivity contribution in [3.63, 3.8) is 0 Å². The van der Waals surface area contributed by atoms with Crippen LogP contribution in [-0.4, -0.2) is 33.8 Å². The summed E-state index contributed by atoms with van der Waals surface area (Å²) in [5.41, 5.74) is 10.3. The third-order valence-electron chi connectivity index (χ3n) is 2.65. The Kier molecular flexibility index (Phi) is 3.83. The molecule has 0 heterocycles. The molecule has 0 aromatic rings. The molecule has 1 aliphatic carbocycles. The van der Waals surface area contributed by atoms with Crippen LogP contribution < -0.4 is 0 Å². The van der Waals surface area contributed by atoms with Gasteiger partial charge in [0.1, 0.15) is 6.23 Å². The average Bonchev–Trinajstić information content (AvgIpc) is 2.26. The fourth-order valence-electron chi connectivity index (χ4n) is 1.53. The van der Waals surface area contributed by atoms with Crippen molar-refractivity contribution in [1.29, 1.82) is 0 Å². The van der Waals surface area contributed by atoms with E-state index >= 15 is 0 Å². The lowest BCUT2D eigenvalue weighted by molar-refractivity contribution is -0.00901. The molecule has 15 heavy (non-hydrogen) atoms. The second kappa shape index (κ2) is 4.91. The van der Waals surface area contributed by atoms with Crippen LogP contribution in [0.5, 0.6) is 0 Å². The van der Waals surface area contributed by atoms with Gasteiger partial charge in [0.25, 0.3) is 5.71 Å². The molecule has 1 rings (SSSR count). The summed E-state index contributed by atoms with van der Waals surface area (Å²) in [6, 6.07) is 0. The average molecular weight is 207 g/mol. The third-order valence-corrected chi connectivity index (χ3v) is 2.65. The zero-order valence-electron chi connectivity index (χ0n) is 9.38. The highest BCUT2D eigenvalue weighted by Crippen LogP contribution is 2.17. The smallest absolute Gasteiger partial charge is 0.298 e. The quantitative estimate of drug-likeness (QED) is 0.432. The summed E-state index contributed by atoms with van der Waals surface area (Å²) < 4.78 is 0. The summed E-state index contributed by atoms with van der Waals surface area (Å²) in [7, 11) is 1.85. The van der Waals surface area contributed by atoms with E-state index in [1.807, 2.05) is 33.0 Å². The number of hydrogen-bond donors (Lipinski definition) is 1. The lowest BCUT2D eigenvalue weighted by Gasteiger charge is -2.27. The van der Waals surface area contributed by atoms with Crippen molar-refractivity contribution < 1.29 is 9.90 Å². The monoisotopic (exact) mass is 207 g/mol. The van der Waals surface area contributed by atoms with Crippen LogP contribution in [0.25, 0.3) is 5.53 Å². The molecule has 4 heteroatoms. The lowest BCUT2D eigenvalue weighted by Crippen LogP contribution is -2.31. The Hall–Kier alpha value is -1.38. The van der Waals surface area contributed by atoms with Crippen LogP contribution in [-0.2, 0) is 0 Å². The first kappa shape index (κ1) is 11.7. The molecule has 1 N–H and O–H groups in total. The Labute approximate surface area is 90.1 Å². The van der Waals surface area contributed by atoms with Gasteiger partial charge in [-0.3, -0.25) is 0 Å². The molecule has 0 fully saturated rings. The van der Waals surface area contributed by atoms with Crippen molar-refractivity contribution in [2.75, 3.05) is 7.05 Å². The molecular weight excluding hydrogens is 190 g/mol. The standard InChI is InChI=1S/C11H17N3O/c1-4-11(15)14(3)9-5-6-10(13-12)8(2)7-9/h5-8,11,15H,4H2,1-3H3. The van der Waals surface area contributed by atoms with Crippen molar-refractivity contribution in [3.05, 3.63) is 29.5 Å². The van der Waals surface area contributed by atoms with Gasteiger partial charge in [-0.05, 0) is 25.5 Å². The van der Waals surface area contributed by atoms with Crippen molar-refractivity contribution in [1.82, 2.24) is 4.90 Å². The molecule has 82 valence electrons. The van der Waals surface area contributed by atoms with E-state index in [9.17, 15) is 5.11 Å². The highest BCUT2D eigenvalue weighted by Gasteiger charge is 2.21. The largest absolute Gasteiger partial charge is 0.374 e.